The molecule has 100 valence electrons. The van der Waals surface area contributed by atoms with Crippen LogP contribution in [0.5, 0.6) is 0 Å². The van der Waals surface area contributed by atoms with Crippen molar-refractivity contribution in [2.75, 3.05) is 7.05 Å². The van der Waals surface area contributed by atoms with Gasteiger partial charge in [0, 0.05) is 35.9 Å². The molecule has 0 radical (unpaired) electrons. The van der Waals surface area contributed by atoms with Crippen molar-refractivity contribution in [3.8, 4) is 0 Å². The summed E-state index contributed by atoms with van der Waals surface area (Å²) < 4.78 is 38.9. The van der Waals surface area contributed by atoms with Gasteiger partial charge in [0.2, 0.25) is 0 Å². The third kappa shape index (κ3) is 2.87. The van der Waals surface area contributed by atoms with Crippen molar-refractivity contribution in [3.63, 3.8) is 0 Å². The number of nitrogens with zero attached hydrogens (tertiary/aromatic N) is 3. The topological polar surface area (TPSA) is 50.7 Å². The van der Waals surface area contributed by atoms with E-state index in [1.54, 1.807) is 7.05 Å². The highest BCUT2D eigenvalue weighted by molar-refractivity contribution is 5.35. The number of hydrogen-bond donors (Lipinski definition) is 1. The van der Waals surface area contributed by atoms with Gasteiger partial charge in [-0.05, 0) is 13.1 Å². The molecule has 0 aliphatic rings. The van der Waals surface area contributed by atoms with E-state index in [2.05, 4.69) is 20.3 Å². The van der Waals surface area contributed by atoms with E-state index in [9.17, 15) is 13.2 Å². The summed E-state index contributed by atoms with van der Waals surface area (Å²) in [7, 11) is 1.57. The summed E-state index contributed by atoms with van der Waals surface area (Å²) in [6.07, 6.45) is 2.17. The Morgan fingerprint density at radius 3 is 2.37 bits per heavy atom. The van der Waals surface area contributed by atoms with Crippen LogP contribution in [-0.4, -0.2) is 22.0 Å². The standard InChI is InChI=1S/C12H11F3N4/c1-16-11(8-4-18-7-19-5-8)9-6-17-3-2-10(9)12(13,14)15/h2-7,11,16H,1H3. The number of aromatic nitrogens is 3. The highest BCUT2D eigenvalue weighted by Crippen LogP contribution is 2.35. The lowest BCUT2D eigenvalue weighted by Gasteiger charge is -2.20. The predicted octanol–water partition coefficient (Wildman–Crippen LogP) is 2.20. The molecule has 0 aliphatic carbocycles. The normalized spacial score (nSPS) is 13.3. The fraction of sp³-hybridized carbons (Fsp3) is 0.250. The summed E-state index contributed by atoms with van der Waals surface area (Å²) in [5.41, 5.74) is -0.124. The molecule has 4 nitrogen and oxygen atoms in total. The van der Waals surface area contributed by atoms with Crippen LogP contribution in [0.3, 0.4) is 0 Å². The van der Waals surface area contributed by atoms with Crippen LogP contribution in [0.4, 0.5) is 13.2 Å². The van der Waals surface area contributed by atoms with Crippen molar-refractivity contribution in [1.82, 2.24) is 20.3 Å². The van der Waals surface area contributed by atoms with Gasteiger partial charge in [-0.2, -0.15) is 13.2 Å². The van der Waals surface area contributed by atoms with Crippen LogP contribution in [0, 0.1) is 0 Å². The first-order valence-electron chi connectivity index (χ1n) is 5.47. The summed E-state index contributed by atoms with van der Waals surface area (Å²) in [6, 6.07) is 0.301. The van der Waals surface area contributed by atoms with E-state index in [1.807, 2.05) is 0 Å². The molecule has 2 rings (SSSR count). The Labute approximate surface area is 107 Å². The average molecular weight is 268 g/mol. The number of alkyl halides is 3. The molecule has 1 N–H and O–H groups in total. The van der Waals surface area contributed by atoms with E-state index in [1.165, 1.54) is 24.9 Å². The van der Waals surface area contributed by atoms with Gasteiger partial charge in [0.1, 0.15) is 6.33 Å². The molecule has 19 heavy (non-hydrogen) atoms. The van der Waals surface area contributed by atoms with E-state index < -0.39 is 17.8 Å². The maximum absolute atomic E-state index is 13.0. The molecule has 2 aromatic heterocycles. The third-order valence-corrected chi connectivity index (χ3v) is 2.67. The number of nitrogens with one attached hydrogen (secondary N) is 1. The van der Waals surface area contributed by atoms with Crippen LogP contribution in [0.2, 0.25) is 0 Å². The molecule has 1 atom stereocenters. The molecule has 2 aromatic rings. The molecule has 0 saturated carbocycles. The minimum atomic E-state index is -4.43. The molecular formula is C12H11F3N4. The summed E-state index contributed by atoms with van der Waals surface area (Å²) in [5, 5.41) is 2.83. The predicted molar refractivity (Wildman–Crippen MR) is 62.2 cm³/mol. The second-order valence-corrected chi connectivity index (χ2v) is 3.85. The van der Waals surface area contributed by atoms with Gasteiger partial charge in [0.05, 0.1) is 11.6 Å². The molecular weight excluding hydrogens is 257 g/mol. The van der Waals surface area contributed by atoms with Gasteiger partial charge in [-0.25, -0.2) is 9.97 Å². The minimum Gasteiger partial charge on any atom is -0.309 e. The van der Waals surface area contributed by atoms with E-state index in [0.717, 1.165) is 12.3 Å². The van der Waals surface area contributed by atoms with Crippen LogP contribution in [0.15, 0.2) is 37.2 Å². The molecule has 0 saturated heterocycles. The lowest BCUT2D eigenvalue weighted by Crippen LogP contribution is -2.22. The Kier molecular flexibility index (Phi) is 3.75. The van der Waals surface area contributed by atoms with Gasteiger partial charge in [0.25, 0.3) is 0 Å². The molecule has 2 heterocycles. The summed E-state index contributed by atoms with van der Waals surface area (Å²) in [5.74, 6) is 0. The van der Waals surface area contributed by atoms with Gasteiger partial charge in [-0.1, -0.05) is 0 Å². The Hall–Kier alpha value is -2.02. The van der Waals surface area contributed by atoms with E-state index in [0.29, 0.717) is 5.56 Å². The SMILES string of the molecule is CNC(c1cncnc1)c1cnccc1C(F)(F)F. The number of halogens is 3. The van der Waals surface area contributed by atoms with Crippen molar-refractivity contribution >= 4 is 0 Å². The van der Waals surface area contributed by atoms with Crippen LogP contribution in [-0.2, 0) is 6.18 Å². The van der Waals surface area contributed by atoms with E-state index in [-0.39, 0.29) is 5.56 Å². The van der Waals surface area contributed by atoms with Gasteiger partial charge in [0.15, 0.2) is 0 Å². The van der Waals surface area contributed by atoms with Crippen LogP contribution >= 0.6 is 0 Å². The monoisotopic (exact) mass is 268 g/mol. The quantitative estimate of drug-likeness (QED) is 0.927. The van der Waals surface area contributed by atoms with Crippen molar-refractivity contribution in [1.29, 1.82) is 0 Å². The van der Waals surface area contributed by atoms with Crippen molar-refractivity contribution in [2.24, 2.45) is 0 Å². The average Bonchev–Trinajstić information content (AvgIpc) is 2.40. The van der Waals surface area contributed by atoms with Gasteiger partial charge >= 0.3 is 6.18 Å². The smallest absolute Gasteiger partial charge is 0.309 e. The highest BCUT2D eigenvalue weighted by Gasteiger charge is 2.35. The zero-order valence-corrected chi connectivity index (χ0v) is 10.0. The number of pyridine rings is 1. The Bertz CT molecular complexity index is 542. The molecule has 0 aliphatic heterocycles. The Morgan fingerprint density at radius 1 is 1.11 bits per heavy atom. The lowest BCUT2D eigenvalue weighted by atomic mass is 9.98. The first kappa shape index (κ1) is 13.4. The molecule has 1 unspecified atom stereocenters. The number of hydrogen-bond acceptors (Lipinski definition) is 4. The summed E-state index contributed by atoms with van der Waals surface area (Å²) >= 11 is 0. The molecule has 0 fully saturated rings. The third-order valence-electron chi connectivity index (χ3n) is 2.67. The van der Waals surface area contributed by atoms with Crippen LogP contribution < -0.4 is 5.32 Å². The summed E-state index contributed by atoms with van der Waals surface area (Å²) in [4.78, 5) is 11.4. The molecule has 0 aromatic carbocycles. The van der Waals surface area contributed by atoms with E-state index >= 15 is 0 Å². The fourth-order valence-corrected chi connectivity index (χ4v) is 1.86. The fourth-order valence-electron chi connectivity index (χ4n) is 1.86. The van der Waals surface area contributed by atoms with Crippen LogP contribution in [0.1, 0.15) is 22.7 Å². The largest absolute Gasteiger partial charge is 0.416 e. The first-order chi connectivity index (χ1) is 9.04. The maximum atomic E-state index is 13.0. The molecule has 7 heteroatoms. The Balaban J connectivity index is 2.51. The van der Waals surface area contributed by atoms with Crippen LogP contribution in [0.25, 0.3) is 0 Å². The zero-order valence-electron chi connectivity index (χ0n) is 10.0. The highest BCUT2D eigenvalue weighted by atomic mass is 19.4. The van der Waals surface area contributed by atoms with Gasteiger partial charge in [-0.3, -0.25) is 4.98 Å². The Morgan fingerprint density at radius 2 is 1.79 bits per heavy atom. The second-order valence-electron chi connectivity index (χ2n) is 3.85. The maximum Gasteiger partial charge on any atom is 0.416 e. The molecule has 0 amide bonds. The van der Waals surface area contributed by atoms with E-state index in [4.69, 9.17) is 0 Å². The van der Waals surface area contributed by atoms with Gasteiger partial charge < -0.3 is 5.32 Å². The molecule has 0 spiro atoms. The first-order valence-corrected chi connectivity index (χ1v) is 5.47. The second kappa shape index (κ2) is 5.31. The minimum absolute atomic E-state index is 0.0484. The summed E-state index contributed by atoms with van der Waals surface area (Å²) in [6.45, 7) is 0. The van der Waals surface area contributed by atoms with Crippen molar-refractivity contribution < 1.29 is 13.2 Å². The lowest BCUT2D eigenvalue weighted by molar-refractivity contribution is -0.138. The zero-order chi connectivity index (χ0) is 13.9. The molecule has 0 bridgehead atoms. The van der Waals surface area contributed by atoms with Gasteiger partial charge in [-0.15, -0.1) is 0 Å². The van der Waals surface area contributed by atoms with Crippen molar-refractivity contribution in [3.05, 3.63) is 53.9 Å². The number of rotatable bonds is 3. The van der Waals surface area contributed by atoms with Crippen molar-refractivity contribution in [2.45, 2.75) is 12.2 Å².